The van der Waals surface area contributed by atoms with Gasteiger partial charge in [0.1, 0.15) is 0 Å². The maximum absolute atomic E-state index is 5.99. The molecule has 0 bridgehead atoms. The van der Waals surface area contributed by atoms with Gasteiger partial charge in [-0.15, -0.1) is 0 Å². The predicted molar refractivity (Wildman–Crippen MR) is 90.1 cm³/mol. The number of benzene rings is 2. The van der Waals surface area contributed by atoms with E-state index >= 15 is 0 Å². The molecule has 0 unspecified atom stereocenters. The van der Waals surface area contributed by atoms with Crippen LogP contribution in [-0.4, -0.2) is 6.34 Å². The molecule has 0 amide bonds. The lowest BCUT2D eigenvalue weighted by Crippen LogP contribution is -1.93. The third kappa shape index (κ3) is 4.21. The Hall–Kier alpha value is -0.550. The molecule has 0 spiro atoms. The summed E-state index contributed by atoms with van der Waals surface area (Å²) in [6, 6.07) is 11.1. The van der Waals surface area contributed by atoms with Crippen molar-refractivity contribution in [2.24, 2.45) is 4.99 Å². The summed E-state index contributed by atoms with van der Waals surface area (Å²) in [5, 5.41) is 4.31. The minimum absolute atomic E-state index is 0.626. The first-order valence-electron chi connectivity index (χ1n) is 5.25. The highest BCUT2D eigenvalue weighted by Crippen LogP contribution is 2.27. The summed E-state index contributed by atoms with van der Waals surface area (Å²) in [6.07, 6.45) is 1.60. The third-order valence-electron chi connectivity index (χ3n) is 2.27. The molecule has 0 aliphatic carbocycles. The first-order chi connectivity index (χ1) is 9.06. The summed E-state index contributed by atoms with van der Waals surface area (Å²) in [4.78, 5) is 4.26. The summed E-state index contributed by atoms with van der Waals surface area (Å²) in [5.74, 6) is 0. The van der Waals surface area contributed by atoms with E-state index < -0.39 is 0 Å². The standard InChI is InChI=1S/C13H8Br2Cl2N2/c14-10-3-1-8(5-12(10)16)18-7-19-9-2-4-11(15)13(17)6-9/h1-7H,(H,18,19). The zero-order valence-corrected chi connectivity index (χ0v) is 14.2. The van der Waals surface area contributed by atoms with E-state index in [0.717, 1.165) is 20.3 Å². The molecule has 0 saturated carbocycles. The minimum atomic E-state index is 0.626. The molecule has 0 aliphatic heterocycles. The first kappa shape index (κ1) is 14.9. The van der Waals surface area contributed by atoms with Crippen LogP contribution in [0.25, 0.3) is 0 Å². The van der Waals surface area contributed by atoms with Gasteiger partial charge in [0, 0.05) is 14.6 Å². The molecule has 19 heavy (non-hydrogen) atoms. The van der Waals surface area contributed by atoms with Crippen molar-refractivity contribution < 1.29 is 0 Å². The van der Waals surface area contributed by atoms with Gasteiger partial charge in [-0.1, -0.05) is 23.2 Å². The van der Waals surface area contributed by atoms with Crippen LogP contribution in [0.15, 0.2) is 50.3 Å². The molecule has 2 rings (SSSR count). The van der Waals surface area contributed by atoms with Crippen molar-refractivity contribution in [3.05, 3.63) is 55.4 Å². The van der Waals surface area contributed by atoms with Gasteiger partial charge in [-0.05, 0) is 68.3 Å². The van der Waals surface area contributed by atoms with Crippen LogP contribution in [0.2, 0.25) is 10.0 Å². The number of nitrogens with zero attached hydrogens (tertiary/aromatic N) is 1. The molecule has 0 atom stereocenters. The lowest BCUT2D eigenvalue weighted by atomic mass is 10.3. The van der Waals surface area contributed by atoms with Crippen molar-refractivity contribution in [1.29, 1.82) is 0 Å². The Labute approximate surface area is 138 Å². The van der Waals surface area contributed by atoms with E-state index in [9.17, 15) is 0 Å². The van der Waals surface area contributed by atoms with Crippen LogP contribution >= 0.6 is 55.1 Å². The van der Waals surface area contributed by atoms with E-state index in [1.165, 1.54) is 0 Å². The zero-order chi connectivity index (χ0) is 13.8. The fraction of sp³-hybridized carbons (Fsp3) is 0. The normalized spacial score (nSPS) is 10.9. The number of nitrogens with one attached hydrogen (secondary N) is 1. The molecule has 0 aromatic heterocycles. The first-order valence-corrected chi connectivity index (χ1v) is 7.59. The molecule has 0 aliphatic rings. The molecule has 98 valence electrons. The van der Waals surface area contributed by atoms with E-state index in [-0.39, 0.29) is 0 Å². The molecule has 2 aromatic rings. The highest BCUT2D eigenvalue weighted by Gasteiger charge is 1.98. The molecule has 2 nitrogen and oxygen atoms in total. The molecule has 0 radical (unpaired) electrons. The van der Waals surface area contributed by atoms with Gasteiger partial charge in [0.25, 0.3) is 0 Å². The Morgan fingerprint density at radius 1 is 0.947 bits per heavy atom. The molecule has 6 heteroatoms. The molecule has 2 aromatic carbocycles. The Kier molecular flexibility index (Phi) is 5.28. The van der Waals surface area contributed by atoms with Crippen LogP contribution in [0, 0.1) is 0 Å². The van der Waals surface area contributed by atoms with E-state index in [1.807, 2.05) is 30.3 Å². The van der Waals surface area contributed by atoms with Crippen molar-refractivity contribution in [3.8, 4) is 0 Å². The van der Waals surface area contributed by atoms with Gasteiger partial charge in [0.15, 0.2) is 0 Å². The van der Waals surface area contributed by atoms with Crippen LogP contribution in [0.5, 0.6) is 0 Å². The summed E-state index contributed by atoms with van der Waals surface area (Å²) in [7, 11) is 0. The highest BCUT2D eigenvalue weighted by molar-refractivity contribution is 9.10. The van der Waals surface area contributed by atoms with E-state index in [2.05, 4.69) is 42.2 Å². The zero-order valence-electron chi connectivity index (χ0n) is 9.50. The summed E-state index contributed by atoms with van der Waals surface area (Å²) < 4.78 is 1.71. The monoisotopic (exact) mass is 420 g/mol. The van der Waals surface area contributed by atoms with Crippen LogP contribution in [0.4, 0.5) is 11.4 Å². The fourth-order valence-electron chi connectivity index (χ4n) is 1.33. The lowest BCUT2D eigenvalue weighted by molar-refractivity contribution is 1.50. The minimum Gasteiger partial charge on any atom is -0.346 e. The maximum atomic E-state index is 5.99. The van der Waals surface area contributed by atoms with Crippen LogP contribution in [0.3, 0.4) is 0 Å². The van der Waals surface area contributed by atoms with Gasteiger partial charge in [-0.2, -0.15) is 0 Å². The number of hydrogen-bond donors (Lipinski definition) is 1. The average molecular weight is 423 g/mol. The predicted octanol–water partition coefficient (Wildman–Crippen LogP) is 6.29. The largest absolute Gasteiger partial charge is 0.346 e. The lowest BCUT2D eigenvalue weighted by Gasteiger charge is -2.02. The molecule has 0 saturated heterocycles. The molecule has 0 heterocycles. The van der Waals surface area contributed by atoms with E-state index in [0.29, 0.717) is 10.0 Å². The van der Waals surface area contributed by atoms with Gasteiger partial charge < -0.3 is 5.32 Å². The Balaban J connectivity index is 2.06. The second-order valence-electron chi connectivity index (χ2n) is 3.63. The molecular formula is C13H8Br2Cl2N2. The Bertz CT molecular complexity index is 630. The van der Waals surface area contributed by atoms with Crippen molar-refractivity contribution in [3.63, 3.8) is 0 Å². The number of hydrogen-bond acceptors (Lipinski definition) is 1. The van der Waals surface area contributed by atoms with Crippen LogP contribution in [0.1, 0.15) is 0 Å². The SMILES string of the molecule is Clc1cc(N=CNc2ccc(Br)c(Cl)c2)ccc1Br. The second-order valence-corrected chi connectivity index (χ2v) is 6.15. The number of anilines is 1. The molecular weight excluding hydrogens is 415 g/mol. The van der Waals surface area contributed by atoms with Gasteiger partial charge in [0.05, 0.1) is 22.1 Å². The smallest absolute Gasteiger partial charge is 0.0930 e. The van der Waals surface area contributed by atoms with Gasteiger partial charge in [0.2, 0.25) is 0 Å². The highest BCUT2D eigenvalue weighted by atomic mass is 79.9. The van der Waals surface area contributed by atoms with Crippen molar-refractivity contribution >= 4 is 72.8 Å². The Morgan fingerprint density at radius 3 is 2.21 bits per heavy atom. The fourth-order valence-corrected chi connectivity index (χ4v) is 2.18. The Morgan fingerprint density at radius 2 is 1.58 bits per heavy atom. The van der Waals surface area contributed by atoms with Crippen LogP contribution in [-0.2, 0) is 0 Å². The van der Waals surface area contributed by atoms with E-state index in [4.69, 9.17) is 23.2 Å². The summed E-state index contributed by atoms with van der Waals surface area (Å²) in [5.41, 5.74) is 1.63. The van der Waals surface area contributed by atoms with Gasteiger partial charge >= 0.3 is 0 Å². The topological polar surface area (TPSA) is 24.4 Å². The average Bonchev–Trinajstić information content (AvgIpc) is 2.38. The summed E-state index contributed by atoms with van der Waals surface area (Å²) >= 11 is 18.6. The van der Waals surface area contributed by atoms with Gasteiger partial charge in [-0.25, -0.2) is 4.99 Å². The number of rotatable bonds is 3. The quantitative estimate of drug-likeness (QED) is 0.456. The van der Waals surface area contributed by atoms with Crippen molar-refractivity contribution in [2.75, 3.05) is 5.32 Å². The van der Waals surface area contributed by atoms with Gasteiger partial charge in [-0.3, -0.25) is 0 Å². The number of halogens is 4. The van der Waals surface area contributed by atoms with Crippen LogP contribution < -0.4 is 5.32 Å². The third-order valence-corrected chi connectivity index (χ3v) is 4.73. The van der Waals surface area contributed by atoms with Crippen molar-refractivity contribution in [2.45, 2.75) is 0 Å². The maximum Gasteiger partial charge on any atom is 0.0930 e. The van der Waals surface area contributed by atoms with Crippen molar-refractivity contribution in [1.82, 2.24) is 0 Å². The second kappa shape index (κ2) is 6.75. The summed E-state index contributed by atoms with van der Waals surface area (Å²) in [6.45, 7) is 0. The molecule has 1 N–H and O–H groups in total. The molecule has 0 fully saturated rings. The van der Waals surface area contributed by atoms with E-state index in [1.54, 1.807) is 12.4 Å². The number of aliphatic imine (C=N–C) groups is 1.